The van der Waals surface area contributed by atoms with Crippen LogP contribution in [-0.2, 0) is 4.79 Å². The Morgan fingerprint density at radius 2 is 1.92 bits per heavy atom. The van der Waals surface area contributed by atoms with Crippen molar-refractivity contribution in [2.45, 2.75) is 0 Å². The number of halogens is 2. The molecule has 0 atom stereocenters. The summed E-state index contributed by atoms with van der Waals surface area (Å²) in [7, 11) is 0. The predicted octanol–water partition coefficient (Wildman–Crippen LogP) is 3.40. The Balaban J connectivity index is 2.07. The van der Waals surface area contributed by atoms with E-state index in [1.165, 1.54) is 36.4 Å². The molecule has 0 spiro atoms. The Kier molecular flexibility index (Phi) is 3.91. The lowest BCUT2D eigenvalue weighted by Crippen LogP contribution is -2.27. The molecule has 3 rings (SSSR count). The van der Waals surface area contributed by atoms with Crippen LogP contribution in [0.25, 0.3) is 6.08 Å². The van der Waals surface area contributed by atoms with Gasteiger partial charge in [0.15, 0.2) is 0 Å². The Hall–Kier alpha value is -2.99. The quantitative estimate of drug-likeness (QED) is 0.645. The first-order chi connectivity index (χ1) is 11.4. The van der Waals surface area contributed by atoms with Gasteiger partial charge in [0.05, 0.1) is 21.8 Å². The van der Waals surface area contributed by atoms with Gasteiger partial charge in [-0.3, -0.25) is 9.59 Å². The maximum atomic E-state index is 13.2. The average molecular weight is 346 g/mol. The molecule has 1 heterocycles. The van der Waals surface area contributed by atoms with Crippen LogP contribution in [-0.4, -0.2) is 22.8 Å². The molecule has 0 aromatic heterocycles. The number of hydrogen-bond donors (Lipinski definition) is 2. The number of carboxylic acids is 1. The van der Waals surface area contributed by atoms with Crippen molar-refractivity contribution in [3.63, 3.8) is 0 Å². The molecule has 5 nitrogen and oxygen atoms in total. The topological polar surface area (TPSA) is 83.5 Å². The van der Waals surface area contributed by atoms with Crippen molar-refractivity contribution in [1.29, 1.82) is 0 Å². The van der Waals surface area contributed by atoms with Crippen LogP contribution in [0.5, 0.6) is 0 Å². The minimum Gasteiger partial charge on any atom is -0.478 e. The third kappa shape index (κ3) is 2.79. The number of carbonyl (C=O) groups is 3. The molecule has 0 radical (unpaired) electrons. The lowest BCUT2D eigenvalue weighted by Gasteiger charge is -2.18. The highest BCUT2D eigenvalue weighted by Gasteiger charge is 2.29. The van der Waals surface area contributed by atoms with Gasteiger partial charge in [0.2, 0.25) is 5.78 Å². The van der Waals surface area contributed by atoms with E-state index >= 15 is 0 Å². The van der Waals surface area contributed by atoms with Gasteiger partial charge in [-0.25, -0.2) is 9.18 Å². The molecule has 0 aliphatic carbocycles. The summed E-state index contributed by atoms with van der Waals surface area (Å²) in [5.74, 6) is -3.04. The number of benzene rings is 2. The van der Waals surface area contributed by atoms with Crippen molar-refractivity contribution in [3.05, 3.63) is 69.5 Å². The minimum atomic E-state index is -1.18. The lowest BCUT2D eigenvalue weighted by molar-refractivity contribution is -0.112. The largest absolute Gasteiger partial charge is 0.478 e. The number of rotatable bonds is 2. The van der Waals surface area contributed by atoms with Crippen LogP contribution in [0.3, 0.4) is 0 Å². The normalized spacial score (nSPS) is 15.2. The highest BCUT2D eigenvalue weighted by Crippen LogP contribution is 2.28. The number of hydrogen-bond acceptors (Lipinski definition) is 3. The predicted molar refractivity (Wildman–Crippen MR) is 85.7 cm³/mol. The summed E-state index contributed by atoms with van der Waals surface area (Å²) in [4.78, 5) is 35.7. The molecule has 120 valence electrons. The number of carbonyl (C=O) groups excluding carboxylic acids is 2. The molecule has 0 saturated carbocycles. The van der Waals surface area contributed by atoms with E-state index in [0.717, 1.165) is 6.07 Å². The molecule has 1 amide bonds. The molecular weight excluding hydrogens is 337 g/mol. The highest BCUT2D eigenvalue weighted by molar-refractivity contribution is 6.36. The Morgan fingerprint density at radius 1 is 1.17 bits per heavy atom. The lowest BCUT2D eigenvalue weighted by atomic mass is 9.94. The summed E-state index contributed by atoms with van der Waals surface area (Å²) in [5.41, 5.74) is 0.436. The van der Waals surface area contributed by atoms with Gasteiger partial charge >= 0.3 is 5.97 Å². The second kappa shape index (κ2) is 5.90. The molecule has 24 heavy (non-hydrogen) atoms. The number of anilines is 1. The van der Waals surface area contributed by atoms with E-state index in [0.29, 0.717) is 5.56 Å². The number of aromatic carboxylic acids is 1. The van der Waals surface area contributed by atoms with Crippen molar-refractivity contribution in [2.24, 2.45) is 0 Å². The van der Waals surface area contributed by atoms with E-state index in [1.807, 2.05) is 0 Å². The van der Waals surface area contributed by atoms with Gasteiger partial charge in [-0.1, -0.05) is 17.7 Å². The fourth-order valence-electron chi connectivity index (χ4n) is 2.31. The number of nitrogens with one attached hydrogen (secondary N) is 1. The smallest absolute Gasteiger partial charge is 0.335 e. The summed E-state index contributed by atoms with van der Waals surface area (Å²) >= 11 is 5.69. The summed E-state index contributed by atoms with van der Waals surface area (Å²) < 4.78 is 13.2. The van der Waals surface area contributed by atoms with Crippen LogP contribution < -0.4 is 5.32 Å². The Bertz CT molecular complexity index is 936. The van der Waals surface area contributed by atoms with Crippen LogP contribution in [0, 0.1) is 5.82 Å². The zero-order valence-electron chi connectivity index (χ0n) is 12.0. The van der Waals surface area contributed by atoms with E-state index < -0.39 is 23.5 Å². The van der Waals surface area contributed by atoms with Gasteiger partial charge in [0.25, 0.3) is 5.91 Å². The molecule has 0 bridgehead atoms. The summed E-state index contributed by atoms with van der Waals surface area (Å²) in [5, 5.41) is 11.4. The van der Waals surface area contributed by atoms with E-state index in [-0.39, 0.29) is 27.4 Å². The Morgan fingerprint density at radius 3 is 2.58 bits per heavy atom. The standard InChI is InChI=1S/C17H9ClFNO4/c18-12-6-8(1-3-13(12)19)5-11-15(21)10-7-9(17(23)24)2-4-14(10)20-16(11)22/h1-7H,(H,20,22)(H,23,24)/b11-5+. The maximum absolute atomic E-state index is 13.2. The van der Waals surface area contributed by atoms with Crippen molar-refractivity contribution < 1.29 is 23.9 Å². The SMILES string of the molecule is O=C1Nc2ccc(C(=O)O)cc2C(=O)/C1=C\c1ccc(F)c(Cl)c1. The first-order valence-electron chi connectivity index (χ1n) is 6.77. The van der Waals surface area contributed by atoms with Gasteiger partial charge in [-0.2, -0.15) is 0 Å². The second-order valence-electron chi connectivity index (χ2n) is 5.08. The van der Waals surface area contributed by atoms with Crippen LogP contribution in [0.1, 0.15) is 26.3 Å². The molecule has 0 unspecified atom stereocenters. The fraction of sp³-hybridized carbons (Fsp3) is 0. The molecule has 2 N–H and O–H groups in total. The first-order valence-corrected chi connectivity index (χ1v) is 7.15. The van der Waals surface area contributed by atoms with Gasteiger partial charge in [0, 0.05) is 5.56 Å². The van der Waals surface area contributed by atoms with Crippen molar-refractivity contribution in [2.75, 3.05) is 5.32 Å². The van der Waals surface area contributed by atoms with Crippen molar-refractivity contribution in [1.82, 2.24) is 0 Å². The first kappa shape index (κ1) is 15.9. The fourth-order valence-corrected chi connectivity index (χ4v) is 2.50. The summed E-state index contributed by atoms with van der Waals surface area (Å²) in [6.07, 6.45) is 1.28. The maximum Gasteiger partial charge on any atom is 0.335 e. The number of carboxylic acid groups (broad SMARTS) is 1. The van der Waals surface area contributed by atoms with E-state index in [4.69, 9.17) is 16.7 Å². The molecule has 2 aromatic rings. The third-order valence-electron chi connectivity index (χ3n) is 3.50. The van der Waals surface area contributed by atoms with Gasteiger partial charge in [-0.15, -0.1) is 0 Å². The Labute approximate surface area is 140 Å². The summed E-state index contributed by atoms with van der Waals surface area (Å²) in [6, 6.07) is 7.64. The number of amides is 1. The van der Waals surface area contributed by atoms with Crippen LogP contribution in [0.4, 0.5) is 10.1 Å². The molecule has 1 aliphatic rings. The van der Waals surface area contributed by atoms with Crippen molar-refractivity contribution >= 4 is 41.0 Å². The van der Waals surface area contributed by atoms with Gasteiger partial charge < -0.3 is 10.4 Å². The zero-order valence-corrected chi connectivity index (χ0v) is 12.7. The van der Waals surface area contributed by atoms with E-state index in [2.05, 4.69) is 5.32 Å². The number of fused-ring (bicyclic) bond motifs is 1. The van der Waals surface area contributed by atoms with Crippen LogP contribution in [0.2, 0.25) is 5.02 Å². The van der Waals surface area contributed by atoms with Crippen LogP contribution in [0.15, 0.2) is 42.0 Å². The minimum absolute atomic E-state index is 0.0672. The molecular formula is C17H9ClFNO4. The molecule has 1 aliphatic heterocycles. The zero-order chi connectivity index (χ0) is 17.4. The van der Waals surface area contributed by atoms with Crippen LogP contribution >= 0.6 is 11.6 Å². The summed E-state index contributed by atoms with van der Waals surface area (Å²) in [6.45, 7) is 0. The molecule has 2 aromatic carbocycles. The number of ketones is 1. The van der Waals surface area contributed by atoms with E-state index in [1.54, 1.807) is 0 Å². The van der Waals surface area contributed by atoms with E-state index in [9.17, 15) is 18.8 Å². The highest BCUT2D eigenvalue weighted by atomic mass is 35.5. The molecule has 7 heteroatoms. The average Bonchev–Trinajstić information content (AvgIpc) is 2.54. The molecule has 0 fully saturated rings. The third-order valence-corrected chi connectivity index (χ3v) is 3.79. The van der Waals surface area contributed by atoms with Gasteiger partial charge in [0.1, 0.15) is 5.82 Å². The monoisotopic (exact) mass is 345 g/mol. The second-order valence-corrected chi connectivity index (χ2v) is 5.49. The van der Waals surface area contributed by atoms with Crippen molar-refractivity contribution in [3.8, 4) is 0 Å². The number of Topliss-reactive ketones (excluding diaryl/α,β-unsaturated/α-hetero) is 1. The van der Waals surface area contributed by atoms with Gasteiger partial charge in [-0.05, 0) is 42.0 Å². The molecule has 0 saturated heterocycles.